The molecule has 0 radical (unpaired) electrons. The number of amides is 2. The van der Waals surface area contributed by atoms with Gasteiger partial charge in [0.25, 0.3) is 5.91 Å². The molecule has 1 aliphatic rings. The lowest BCUT2D eigenvalue weighted by Crippen LogP contribution is -2.38. The summed E-state index contributed by atoms with van der Waals surface area (Å²) < 4.78 is 0. The highest BCUT2D eigenvalue weighted by atomic mass is 32.1. The van der Waals surface area contributed by atoms with E-state index in [9.17, 15) is 9.59 Å². The molecular formula is C26H29N3O2S. The molecule has 1 aromatic carbocycles. The van der Waals surface area contributed by atoms with Crippen LogP contribution in [0.25, 0.3) is 11.1 Å². The molecule has 2 amide bonds. The van der Waals surface area contributed by atoms with Crippen molar-refractivity contribution < 1.29 is 9.59 Å². The zero-order valence-corrected chi connectivity index (χ0v) is 19.5. The summed E-state index contributed by atoms with van der Waals surface area (Å²) in [6, 6.07) is 14.2. The molecule has 0 aliphatic carbocycles. The summed E-state index contributed by atoms with van der Waals surface area (Å²) in [5.41, 5.74) is 4.04. The molecule has 1 saturated heterocycles. The van der Waals surface area contributed by atoms with Gasteiger partial charge < -0.3 is 9.80 Å². The lowest BCUT2D eigenvalue weighted by molar-refractivity contribution is -0.134. The van der Waals surface area contributed by atoms with Crippen LogP contribution in [0.3, 0.4) is 0 Å². The number of aromatic nitrogens is 1. The second-order valence-corrected chi connectivity index (χ2v) is 9.48. The number of carbonyl (C=O) groups is 2. The van der Waals surface area contributed by atoms with Crippen LogP contribution >= 0.6 is 11.3 Å². The van der Waals surface area contributed by atoms with Gasteiger partial charge >= 0.3 is 0 Å². The average Bonchev–Trinajstić information content (AvgIpc) is 3.20. The van der Waals surface area contributed by atoms with Crippen molar-refractivity contribution in [3.8, 4) is 11.1 Å². The van der Waals surface area contributed by atoms with Crippen LogP contribution in [0.1, 0.15) is 34.1 Å². The van der Waals surface area contributed by atoms with Crippen LogP contribution in [-0.4, -0.2) is 52.8 Å². The molecular weight excluding hydrogens is 418 g/mol. The van der Waals surface area contributed by atoms with Gasteiger partial charge in [0.05, 0.1) is 11.5 Å². The van der Waals surface area contributed by atoms with Gasteiger partial charge in [-0.15, -0.1) is 11.3 Å². The summed E-state index contributed by atoms with van der Waals surface area (Å²) in [5, 5.41) is 1.92. The van der Waals surface area contributed by atoms with Gasteiger partial charge in [-0.3, -0.25) is 14.6 Å². The van der Waals surface area contributed by atoms with Gasteiger partial charge in [0, 0.05) is 48.8 Å². The number of hydrogen-bond donors (Lipinski definition) is 0. The van der Waals surface area contributed by atoms with E-state index in [4.69, 9.17) is 0 Å². The Hall–Kier alpha value is -2.99. The third kappa shape index (κ3) is 5.07. The minimum absolute atomic E-state index is 0.0241. The van der Waals surface area contributed by atoms with Crippen LogP contribution in [0, 0.1) is 12.8 Å². The van der Waals surface area contributed by atoms with Crippen molar-refractivity contribution in [2.24, 2.45) is 5.92 Å². The third-order valence-electron chi connectivity index (χ3n) is 5.92. The number of nitrogens with zero attached hydrogens (tertiary/aromatic N) is 3. The molecule has 3 aromatic rings. The van der Waals surface area contributed by atoms with E-state index in [1.807, 2.05) is 46.4 Å². The van der Waals surface area contributed by atoms with E-state index in [1.165, 1.54) is 0 Å². The molecule has 0 saturated carbocycles. The van der Waals surface area contributed by atoms with E-state index in [0.29, 0.717) is 26.1 Å². The average molecular weight is 448 g/mol. The summed E-state index contributed by atoms with van der Waals surface area (Å²) in [7, 11) is 0. The van der Waals surface area contributed by atoms with E-state index in [2.05, 4.69) is 30.1 Å². The van der Waals surface area contributed by atoms with Crippen molar-refractivity contribution in [1.29, 1.82) is 0 Å². The topological polar surface area (TPSA) is 53.5 Å². The fourth-order valence-corrected chi connectivity index (χ4v) is 5.00. The van der Waals surface area contributed by atoms with Crippen molar-refractivity contribution in [2.45, 2.75) is 26.7 Å². The zero-order chi connectivity index (χ0) is 22.5. The highest BCUT2D eigenvalue weighted by molar-refractivity contribution is 7.10. The Labute approximate surface area is 193 Å². The van der Waals surface area contributed by atoms with Gasteiger partial charge in [-0.2, -0.15) is 0 Å². The maximum atomic E-state index is 13.4. The molecule has 0 bridgehead atoms. The number of benzene rings is 1. The molecule has 4 rings (SSSR count). The molecule has 32 heavy (non-hydrogen) atoms. The van der Waals surface area contributed by atoms with Crippen molar-refractivity contribution in [2.75, 3.05) is 26.2 Å². The Balaban J connectivity index is 1.58. The van der Waals surface area contributed by atoms with Gasteiger partial charge in [0.15, 0.2) is 0 Å². The fourth-order valence-electron chi connectivity index (χ4n) is 4.32. The molecule has 3 heterocycles. The number of aryl methyl sites for hydroxylation is 1. The Morgan fingerprint density at radius 2 is 1.94 bits per heavy atom. The van der Waals surface area contributed by atoms with Crippen molar-refractivity contribution in [3.05, 3.63) is 76.2 Å². The van der Waals surface area contributed by atoms with Gasteiger partial charge in [0.1, 0.15) is 0 Å². The first-order valence-corrected chi connectivity index (χ1v) is 12.1. The van der Waals surface area contributed by atoms with E-state index in [-0.39, 0.29) is 17.7 Å². The predicted molar refractivity (Wildman–Crippen MR) is 129 cm³/mol. The molecule has 2 aromatic heterocycles. The van der Waals surface area contributed by atoms with E-state index >= 15 is 0 Å². The second-order valence-electron chi connectivity index (χ2n) is 8.36. The normalized spacial score (nSPS) is 16.8. The minimum atomic E-state index is -0.250. The summed E-state index contributed by atoms with van der Waals surface area (Å²) in [6.45, 7) is 6.44. The van der Waals surface area contributed by atoms with Crippen molar-refractivity contribution in [3.63, 3.8) is 0 Å². The minimum Gasteiger partial charge on any atom is -0.341 e. The number of hydrogen-bond acceptors (Lipinski definition) is 4. The van der Waals surface area contributed by atoms with E-state index in [0.717, 1.165) is 40.1 Å². The quantitative estimate of drug-likeness (QED) is 0.552. The number of carbonyl (C=O) groups excluding carboxylic acids is 2. The van der Waals surface area contributed by atoms with E-state index < -0.39 is 0 Å². The number of rotatable bonds is 6. The first-order valence-electron chi connectivity index (χ1n) is 11.2. The highest BCUT2D eigenvalue weighted by Gasteiger charge is 2.32. The largest absolute Gasteiger partial charge is 0.341 e. The van der Waals surface area contributed by atoms with Crippen LogP contribution in [0.15, 0.2) is 60.2 Å². The van der Waals surface area contributed by atoms with Gasteiger partial charge in [-0.25, -0.2) is 0 Å². The molecule has 0 N–H and O–H groups in total. The van der Waals surface area contributed by atoms with Crippen LogP contribution < -0.4 is 0 Å². The first-order chi connectivity index (χ1) is 15.5. The van der Waals surface area contributed by atoms with Crippen molar-refractivity contribution in [1.82, 2.24) is 14.8 Å². The maximum Gasteiger partial charge on any atom is 0.254 e. The van der Waals surface area contributed by atoms with Crippen LogP contribution in [0.2, 0.25) is 0 Å². The molecule has 6 heteroatoms. The lowest BCUT2D eigenvalue weighted by Gasteiger charge is -2.24. The fraction of sp³-hybridized carbons (Fsp3) is 0.346. The Kier molecular flexibility index (Phi) is 7.00. The molecule has 0 unspecified atom stereocenters. The number of pyridine rings is 1. The Bertz CT molecular complexity index is 1080. The second kappa shape index (κ2) is 10.1. The molecule has 166 valence electrons. The van der Waals surface area contributed by atoms with Gasteiger partial charge in [-0.1, -0.05) is 31.2 Å². The predicted octanol–water partition coefficient (Wildman–Crippen LogP) is 4.67. The summed E-state index contributed by atoms with van der Waals surface area (Å²) in [5.74, 6) is -0.0746. The Morgan fingerprint density at radius 1 is 1.12 bits per heavy atom. The molecule has 5 nitrogen and oxygen atoms in total. The summed E-state index contributed by atoms with van der Waals surface area (Å²) in [4.78, 5) is 35.6. The van der Waals surface area contributed by atoms with E-state index in [1.54, 1.807) is 23.7 Å². The van der Waals surface area contributed by atoms with Gasteiger partial charge in [-0.05, 0) is 54.7 Å². The standard InChI is InChI=1S/C26H29N3O2S/c1-3-11-28-12-13-29(26(31)24-14-19(2)32-18-24)17-23(25(28)30)16-20-5-4-6-22(15-20)21-7-9-27-10-8-21/h4-10,14-15,18,23H,3,11-13,16-17H2,1-2H3/t23-/m1/s1. The molecule has 1 aliphatic heterocycles. The Morgan fingerprint density at radius 3 is 2.66 bits per heavy atom. The maximum absolute atomic E-state index is 13.4. The smallest absolute Gasteiger partial charge is 0.254 e. The van der Waals surface area contributed by atoms with Crippen LogP contribution in [-0.2, 0) is 11.2 Å². The van der Waals surface area contributed by atoms with Crippen molar-refractivity contribution >= 4 is 23.2 Å². The summed E-state index contributed by atoms with van der Waals surface area (Å²) >= 11 is 1.58. The zero-order valence-electron chi connectivity index (χ0n) is 18.7. The number of thiophene rings is 1. The molecule has 1 fully saturated rings. The van der Waals surface area contributed by atoms with Gasteiger partial charge in [0.2, 0.25) is 5.91 Å². The summed E-state index contributed by atoms with van der Waals surface area (Å²) in [6.07, 6.45) is 5.10. The lowest BCUT2D eigenvalue weighted by atomic mass is 9.95. The van der Waals surface area contributed by atoms with Crippen LogP contribution in [0.5, 0.6) is 0 Å². The highest BCUT2D eigenvalue weighted by Crippen LogP contribution is 2.24. The SMILES string of the molecule is CCCN1CCN(C(=O)c2csc(C)c2)C[C@@H](Cc2cccc(-c3ccncc3)c2)C1=O. The monoisotopic (exact) mass is 447 g/mol. The first kappa shape index (κ1) is 22.2. The van der Waals surface area contributed by atoms with Crippen LogP contribution in [0.4, 0.5) is 0 Å². The molecule has 0 spiro atoms. The third-order valence-corrected chi connectivity index (χ3v) is 6.78. The molecule has 1 atom stereocenters.